The zero-order valence-corrected chi connectivity index (χ0v) is 17.8. The lowest BCUT2D eigenvalue weighted by atomic mass is 9.90. The van der Waals surface area contributed by atoms with Gasteiger partial charge in [-0.3, -0.25) is 9.59 Å². The molecule has 0 aliphatic heterocycles. The van der Waals surface area contributed by atoms with Crippen LogP contribution in [0.4, 0.5) is 5.82 Å². The van der Waals surface area contributed by atoms with Crippen molar-refractivity contribution in [2.75, 3.05) is 5.32 Å². The maximum absolute atomic E-state index is 12.3. The SMILES string of the molecule is N#C[C@H]1C[C@@H]1C(=O)Nc1cc(-c2ccc3c(c2)CCCC[C@H]3c2noc(C(N)=O)n2)ccn1. The minimum atomic E-state index is -0.733. The van der Waals surface area contributed by atoms with Gasteiger partial charge in [0.25, 0.3) is 0 Å². The predicted molar refractivity (Wildman–Crippen MR) is 118 cm³/mol. The second-order valence-electron chi connectivity index (χ2n) is 8.53. The number of benzene rings is 1. The van der Waals surface area contributed by atoms with Crippen molar-refractivity contribution in [3.05, 3.63) is 59.4 Å². The number of nitrogens with two attached hydrogens (primary N) is 1. The number of aryl methyl sites for hydroxylation is 1. The van der Waals surface area contributed by atoms with E-state index in [4.69, 9.17) is 15.5 Å². The Morgan fingerprint density at radius 1 is 1.18 bits per heavy atom. The molecule has 2 aromatic heterocycles. The second-order valence-corrected chi connectivity index (χ2v) is 8.53. The van der Waals surface area contributed by atoms with Gasteiger partial charge >= 0.3 is 11.8 Å². The van der Waals surface area contributed by atoms with Crippen LogP contribution >= 0.6 is 0 Å². The first-order valence-corrected chi connectivity index (χ1v) is 11.0. The normalized spacial score (nSPS) is 21.4. The molecule has 0 bridgehead atoms. The van der Waals surface area contributed by atoms with Gasteiger partial charge in [0.2, 0.25) is 5.91 Å². The average Bonchev–Trinajstić information content (AvgIpc) is 3.51. The van der Waals surface area contributed by atoms with Gasteiger partial charge in [-0.15, -0.1) is 0 Å². The van der Waals surface area contributed by atoms with Crippen LogP contribution in [0.25, 0.3) is 11.1 Å². The molecule has 9 heteroatoms. The van der Waals surface area contributed by atoms with E-state index in [0.29, 0.717) is 18.1 Å². The first kappa shape index (κ1) is 20.8. The van der Waals surface area contributed by atoms with Gasteiger partial charge in [0.05, 0.1) is 17.9 Å². The lowest BCUT2D eigenvalue weighted by molar-refractivity contribution is -0.117. The van der Waals surface area contributed by atoms with Crippen LogP contribution in [-0.2, 0) is 11.2 Å². The van der Waals surface area contributed by atoms with Crippen molar-refractivity contribution in [3.63, 3.8) is 0 Å². The monoisotopic (exact) mass is 442 g/mol. The summed E-state index contributed by atoms with van der Waals surface area (Å²) >= 11 is 0. The molecule has 1 saturated carbocycles. The van der Waals surface area contributed by atoms with Crippen molar-refractivity contribution in [2.24, 2.45) is 17.6 Å². The zero-order valence-electron chi connectivity index (χ0n) is 17.8. The van der Waals surface area contributed by atoms with Crippen molar-refractivity contribution in [2.45, 2.75) is 38.0 Å². The smallest absolute Gasteiger partial charge is 0.315 e. The topological polar surface area (TPSA) is 148 Å². The van der Waals surface area contributed by atoms with Crippen LogP contribution in [0.5, 0.6) is 0 Å². The molecule has 2 aliphatic carbocycles. The third-order valence-corrected chi connectivity index (χ3v) is 6.31. The number of pyridine rings is 1. The highest BCUT2D eigenvalue weighted by molar-refractivity contribution is 5.94. The van der Waals surface area contributed by atoms with E-state index in [2.05, 4.69) is 38.6 Å². The number of anilines is 1. The van der Waals surface area contributed by atoms with Crippen LogP contribution in [0.2, 0.25) is 0 Å². The van der Waals surface area contributed by atoms with Crippen LogP contribution < -0.4 is 11.1 Å². The molecule has 0 saturated heterocycles. The Morgan fingerprint density at radius 3 is 2.79 bits per heavy atom. The van der Waals surface area contributed by atoms with Gasteiger partial charge in [-0.1, -0.05) is 29.8 Å². The number of carbonyl (C=O) groups excluding carboxylic acids is 2. The van der Waals surface area contributed by atoms with Crippen LogP contribution in [0.15, 0.2) is 41.1 Å². The number of amides is 2. The van der Waals surface area contributed by atoms with Gasteiger partial charge in [-0.25, -0.2) is 4.98 Å². The number of nitrogens with one attached hydrogen (secondary N) is 1. The Hall–Kier alpha value is -4.06. The molecule has 0 unspecified atom stereocenters. The maximum atomic E-state index is 12.3. The molecule has 3 atom stereocenters. The van der Waals surface area contributed by atoms with Gasteiger partial charge in [-0.05, 0) is 60.1 Å². The summed E-state index contributed by atoms with van der Waals surface area (Å²) in [7, 11) is 0. The lowest BCUT2D eigenvalue weighted by Gasteiger charge is -2.15. The van der Waals surface area contributed by atoms with Crippen LogP contribution in [0.3, 0.4) is 0 Å². The highest BCUT2D eigenvalue weighted by Gasteiger charge is 2.43. The van der Waals surface area contributed by atoms with E-state index >= 15 is 0 Å². The Labute approximate surface area is 190 Å². The lowest BCUT2D eigenvalue weighted by Crippen LogP contribution is -2.15. The fourth-order valence-corrected chi connectivity index (χ4v) is 4.43. The first-order valence-electron chi connectivity index (χ1n) is 11.0. The number of nitrogens with zero attached hydrogens (tertiary/aromatic N) is 4. The van der Waals surface area contributed by atoms with Crippen LogP contribution in [-0.4, -0.2) is 26.9 Å². The molecular weight excluding hydrogens is 420 g/mol. The molecular formula is C24H22N6O3. The number of fused-ring (bicyclic) bond motifs is 1. The van der Waals surface area contributed by atoms with E-state index in [9.17, 15) is 9.59 Å². The van der Waals surface area contributed by atoms with Gasteiger partial charge in [0.15, 0.2) is 5.82 Å². The quantitative estimate of drug-likeness (QED) is 0.577. The molecule has 9 nitrogen and oxygen atoms in total. The number of hydrogen-bond acceptors (Lipinski definition) is 7. The summed E-state index contributed by atoms with van der Waals surface area (Å²) in [5.41, 5.74) is 9.52. The van der Waals surface area contributed by atoms with Crippen LogP contribution in [0.1, 0.15) is 59.2 Å². The predicted octanol–water partition coefficient (Wildman–Crippen LogP) is 3.19. The van der Waals surface area contributed by atoms with Crippen molar-refractivity contribution in [1.29, 1.82) is 5.26 Å². The number of aromatic nitrogens is 3. The van der Waals surface area contributed by atoms with Crippen molar-refractivity contribution in [1.82, 2.24) is 15.1 Å². The van der Waals surface area contributed by atoms with E-state index in [0.717, 1.165) is 42.4 Å². The molecule has 1 aromatic carbocycles. The maximum Gasteiger partial charge on any atom is 0.315 e. The summed E-state index contributed by atoms with van der Waals surface area (Å²) in [6.45, 7) is 0. The second kappa shape index (κ2) is 8.47. The number of nitriles is 1. The van der Waals surface area contributed by atoms with Gasteiger partial charge in [-0.2, -0.15) is 10.2 Å². The van der Waals surface area contributed by atoms with Crippen molar-refractivity contribution in [3.8, 4) is 17.2 Å². The van der Waals surface area contributed by atoms with E-state index in [1.54, 1.807) is 6.20 Å². The van der Waals surface area contributed by atoms with E-state index in [-0.39, 0.29) is 29.6 Å². The summed E-state index contributed by atoms with van der Waals surface area (Å²) in [5.74, 6) is -0.619. The fourth-order valence-electron chi connectivity index (χ4n) is 4.43. The van der Waals surface area contributed by atoms with E-state index in [1.165, 1.54) is 5.56 Å². The highest BCUT2D eigenvalue weighted by Crippen LogP contribution is 2.39. The van der Waals surface area contributed by atoms with Crippen LogP contribution in [0, 0.1) is 23.2 Å². The minimum Gasteiger partial charge on any atom is -0.361 e. The Bertz CT molecular complexity index is 1280. The number of hydrogen-bond donors (Lipinski definition) is 2. The summed E-state index contributed by atoms with van der Waals surface area (Å²) in [6.07, 6.45) is 6.10. The van der Waals surface area contributed by atoms with E-state index in [1.807, 2.05) is 18.2 Å². The highest BCUT2D eigenvalue weighted by atomic mass is 16.5. The molecule has 0 spiro atoms. The summed E-state index contributed by atoms with van der Waals surface area (Å²) < 4.78 is 5.01. The summed E-state index contributed by atoms with van der Waals surface area (Å²) in [5, 5.41) is 15.8. The number of rotatable bonds is 5. The van der Waals surface area contributed by atoms with E-state index < -0.39 is 5.91 Å². The number of carbonyl (C=O) groups is 2. The molecule has 166 valence electrons. The molecule has 2 heterocycles. The molecule has 5 rings (SSSR count). The molecule has 33 heavy (non-hydrogen) atoms. The minimum absolute atomic E-state index is 0.0627. The van der Waals surface area contributed by atoms with Crippen molar-refractivity contribution < 1.29 is 14.1 Å². The zero-order chi connectivity index (χ0) is 22.9. The number of primary amides is 1. The third kappa shape index (κ3) is 4.20. The molecule has 3 N–H and O–H groups in total. The fraction of sp³-hybridized carbons (Fsp3) is 0.333. The summed E-state index contributed by atoms with van der Waals surface area (Å²) in [6, 6.07) is 12.1. The Balaban J connectivity index is 1.41. The first-order chi connectivity index (χ1) is 16.0. The molecule has 0 radical (unpaired) electrons. The van der Waals surface area contributed by atoms with Gasteiger partial charge < -0.3 is 15.6 Å². The molecule has 3 aromatic rings. The van der Waals surface area contributed by atoms with Gasteiger partial charge in [0, 0.05) is 12.1 Å². The Kier molecular flexibility index (Phi) is 5.34. The average molecular weight is 442 g/mol. The summed E-state index contributed by atoms with van der Waals surface area (Å²) in [4.78, 5) is 32.1. The molecule has 2 aliphatic rings. The molecule has 2 amide bonds. The third-order valence-electron chi connectivity index (χ3n) is 6.31. The standard InChI is InChI=1S/C24H22N6O3/c25-12-16-10-19(16)23(32)28-20-11-14(7-8-27-20)13-5-6-17-15(9-13)3-1-2-4-18(17)22-29-24(21(26)31)33-30-22/h5-9,11,16,18-19H,1-4,10H2,(H2,26,31)(H,27,28,32)/t16-,18-,19+/m1/s1. The van der Waals surface area contributed by atoms with Crippen molar-refractivity contribution >= 4 is 17.6 Å². The Morgan fingerprint density at radius 2 is 2.03 bits per heavy atom. The van der Waals surface area contributed by atoms with Gasteiger partial charge in [0.1, 0.15) is 5.82 Å². The largest absolute Gasteiger partial charge is 0.361 e. The molecule has 1 fully saturated rings.